The summed E-state index contributed by atoms with van der Waals surface area (Å²) in [5.74, 6) is 0.0798. The number of hydrogen-bond acceptors (Lipinski definition) is 5. The lowest BCUT2D eigenvalue weighted by atomic mass is 9.96. The van der Waals surface area contributed by atoms with Crippen LogP contribution in [0.1, 0.15) is 18.6 Å². The number of aliphatic hydroxyl groups is 1. The third-order valence-electron chi connectivity index (χ3n) is 3.36. The van der Waals surface area contributed by atoms with Crippen LogP contribution in [0, 0.1) is 0 Å². The average molecular weight is 289 g/mol. The molecule has 3 N–H and O–H groups in total. The number of benzene rings is 2. The Balaban J connectivity index is 2.44. The van der Waals surface area contributed by atoms with E-state index in [-0.39, 0.29) is 6.61 Å². The van der Waals surface area contributed by atoms with Gasteiger partial charge in [0, 0.05) is 5.39 Å². The van der Waals surface area contributed by atoms with Crippen molar-refractivity contribution in [1.82, 2.24) is 0 Å². The molecule has 2 rings (SSSR count). The summed E-state index contributed by atoms with van der Waals surface area (Å²) in [6.45, 7) is 1.92. The highest BCUT2D eigenvalue weighted by Gasteiger charge is 2.27. The summed E-state index contributed by atoms with van der Waals surface area (Å²) in [7, 11) is 1.59. The third kappa shape index (κ3) is 2.99. The highest BCUT2D eigenvalue weighted by molar-refractivity contribution is 5.92. The molecule has 2 unspecified atom stereocenters. The lowest BCUT2D eigenvalue weighted by Crippen LogP contribution is -2.38. The minimum atomic E-state index is -1.14. The Labute approximate surface area is 123 Å². The monoisotopic (exact) mass is 289 g/mol. The number of aliphatic hydroxyl groups excluding tert-OH is 1. The van der Waals surface area contributed by atoms with Gasteiger partial charge in [-0.2, -0.15) is 0 Å². The van der Waals surface area contributed by atoms with Crippen LogP contribution in [0.3, 0.4) is 0 Å². The van der Waals surface area contributed by atoms with Crippen molar-refractivity contribution in [3.63, 3.8) is 0 Å². The second-order valence-corrected chi connectivity index (χ2v) is 4.63. The summed E-state index contributed by atoms with van der Waals surface area (Å²) in [5.41, 5.74) is 6.36. The maximum absolute atomic E-state index is 11.7. The number of carbonyl (C=O) groups is 1. The van der Waals surface area contributed by atoms with Crippen LogP contribution in [-0.2, 0) is 9.53 Å². The molecule has 0 saturated carbocycles. The standard InChI is InChI=1S/C16H19NO4/c1-3-21-16(19)14(17)15(18)12-8-9-13(20-2)11-7-5-4-6-10(11)12/h4-9,14-15,18H,3,17H2,1-2H3. The van der Waals surface area contributed by atoms with E-state index in [9.17, 15) is 9.90 Å². The zero-order chi connectivity index (χ0) is 15.4. The van der Waals surface area contributed by atoms with Crippen LogP contribution in [-0.4, -0.2) is 30.8 Å². The van der Waals surface area contributed by atoms with Crippen molar-refractivity contribution in [2.24, 2.45) is 5.73 Å². The van der Waals surface area contributed by atoms with E-state index < -0.39 is 18.1 Å². The number of ether oxygens (including phenoxy) is 2. The largest absolute Gasteiger partial charge is 0.496 e. The summed E-state index contributed by atoms with van der Waals surface area (Å²) in [5, 5.41) is 12.0. The molecule has 2 atom stereocenters. The highest BCUT2D eigenvalue weighted by Crippen LogP contribution is 2.32. The van der Waals surface area contributed by atoms with Crippen molar-refractivity contribution in [2.45, 2.75) is 19.1 Å². The zero-order valence-electron chi connectivity index (χ0n) is 12.1. The van der Waals surface area contributed by atoms with Crippen molar-refractivity contribution in [3.8, 4) is 5.75 Å². The van der Waals surface area contributed by atoms with E-state index in [1.165, 1.54) is 0 Å². The number of carbonyl (C=O) groups excluding carboxylic acids is 1. The summed E-state index contributed by atoms with van der Waals surface area (Å²) in [6, 6.07) is 9.82. The van der Waals surface area contributed by atoms with E-state index in [1.54, 1.807) is 26.2 Å². The topological polar surface area (TPSA) is 81.8 Å². The average Bonchev–Trinajstić information content (AvgIpc) is 2.52. The minimum Gasteiger partial charge on any atom is -0.496 e. The number of fused-ring (bicyclic) bond motifs is 1. The fourth-order valence-corrected chi connectivity index (χ4v) is 2.29. The van der Waals surface area contributed by atoms with Crippen LogP contribution in [0.15, 0.2) is 36.4 Å². The van der Waals surface area contributed by atoms with Gasteiger partial charge in [0.1, 0.15) is 17.9 Å². The van der Waals surface area contributed by atoms with E-state index in [2.05, 4.69) is 0 Å². The number of nitrogens with two attached hydrogens (primary N) is 1. The van der Waals surface area contributed by atoms with E-state index in [0.29, 0.717) is 11.3 Å². The van der Waals surface area contributed by atoms with Gasteiger partial charge >= 0.3 is 5.97 Å². The molecule has 0 bridgehead atoms. The van der Waals surface area contributed by atoms with E-state index in [1.807, 2.05) is 24.3 Å². The Kier molecular flexibility index (Phi) is 4.77. The Hall–Kier alpha value is -2.11. The fraction of sp³-hybridized carbons (Fsp3) is 0.312. The van der Waals surface area contributed by atoms with Gasteiger partial charge in [-0.1, -0.05) is 30.3 Å². The van der Waals surface area contributed by atoms with Crippen LogP contribution in [0.4, 0.5) is 0 Å². The van der Waals surface area contributed by atoms with Crippen LogP contribution in [0.5, 0.6) is 5.75 Å². The van der Waals surface area contributed by atoms with Gasteiger partial charge in [0.2, 0.25) is 0 Å². The van der Waals surface area contributed by atoms with Crippen LogP contribution >= 0.6 is 0 Å². The van der Waals surface area contributed by atoms with Crippen LogP contribution in [0.25, 0.3) is 10.8 Å². The molecule has 21 heavy (non-hydrogen) atoms. The molecule has 0 aliphatic rings. The van der Waals surface area contributed by atoms with Gasteiger partial charge < -0.3 is 20.3 Å². The fourth-order valence-electron chi connectivity index (χ4n) is 2.29. The predicted molar refractivity (Wildman–Crippen MR) is 80.1 cm³/mol. The number of hydrogen-bond donors (Lipinski definition) is 2. The highest BCUT2D eigenvalue weighted by atomic mass is 16.5. The van der Waals surface area contributed by atoms with Gasteiger partial charge in [-0.15, -0.1) is 0 Å². The van der Waals surface area contributed by atoms with Gasteiger partial charge in [0.05, 0.1) is 13.7 Å². The smallest absolute Gasteiger partial charge is 0.325 e. The Morgan fingerprint density at radius 3 is 2.52 bits per heavy atom. The van der Waals surface area contributed by atoms with Gasteiger partial charge in [0.25, 0.3) is 0 Å². The van der Waals surface area contributed by atoms with E-state index >= 15 is 0 Å². The second-order valence-electron chi connectivity index (χ2n) is 4.63. The molecule has 5 heteroatoms. The predicted octanol–water partition coefficient (Wildman–Crippen LogP) is 1.77. The molecule has 2 aromatic rings. The van der Waals surface area contributed by atoms with E-state index in [4.69, 9.17) is 15.2 Å². The van der Waals surface area contributed by atoms with E-state index in [0.717, 1.165) is 10.8 Å². The molecule has 0 heterocycles. The molecular formula is C16H19NO4. The maximum Gasteiger partial charge on any atom is 0.325 e. The lowest BCUT2D eigenvalue weighted by Gasteiger charge is -2.20. The molecule has 0 aliphatic heterocycles. The molecular weight excluding hydrogens is 270 g/mol. The van der Waals surface area contributed by atoms with Gasteiger partial charge in [-0.25, -0.2) is 0 Å². The van der Waals surface area contributed by atoms with Crippen molar-refractivity contribution < 1.29 is 19.4 Å². The summed E-state index contributed by atoms with van der Waals surface area (Å²) in [4.78, 5) is 11.7. The maximum atomic E-state index is 11.7. The number of methoxy groups -OCH3 is 1. The Morgan fingerprint density at radius 1 is 1.24 bits per heavy atom. The molecule has 5 nitrogen and oxygen atoms in total. The van der Waals surface area contributed by atoms with Crippen LogP contribution in [0.2, 0.25) is 0 Å². The zero-order valence-corrected chi connectivity index (χ0v) is 12.1. The van der Waals surface area contributed by atoms with Gasteiger partial charge in [0.15, 0.2) is 0 Å². The second kappa shape index (κ2) is 6.56. The first-order valence-corrected chi connectivity index (χ1v) is 6.76. The SMILES string of the molecule is CCOC(=O)C(N)C(O)c1ccc(OC)c2ccccc12. The summed E-state index contributed by atoms with van der Waals surface area (Å²) >= 11 is 0. The molecule has 0 aromatic heterocycles. The van der Waals surface area contributed by atoms with Crippen molar-refractivity contribution in [3.05, 3.63) is 42.0 Å². The molecule has 0 saturated heterocycles. The molecule has 0 fully saturated rings. The molecule has 112 valence electrons. The Morgan fingerprint density at radius 2 is 1.90 bits per heavy atom. The summed E-state index contributed by atoms with van der Waals surface area (Å²) < 4.78 is 10.2. The third-order valence-corrected chi connectivity index (χ3v) is 3.36. The van der Waals surface area contributed by atoms with Crippen molar-refractivity contribution in [2.75, 3.05) is 13.7 Å². The molecule has 0 amide bonds. The first kappa shape index (κ1) is 15.3. The minimum absolute atomic E-state index is 0.225. The molecule has 0 spiro atoms. The van der Waals surface area contributed by atoms with Crippen LogP contribution < -0.4 is 10.5 Å². The molecule has 0 aliphatic carbocycles. The first-order chi connectivity index (χ1) is 10.1. The number of esters is 1. The molecule has 0 radical (unpaired) electrons. The molecule has 2 aromatic carbocycles. The first-order valence-electron chi connectivity index (χ1n) is 6.76. The van der Waals surface area contributed by atoms with Gasteiger partial charge in [-0.3, -0.25) is 4.79 Å². The quantitative estimate of drug-likeness (QED) is 0.820. The number of rotatable bonds is 5. The van der Waals surface area contributed by atoms with Gasteiger partial charge in [-0.05, 0) is 23.9 Å². The van der Waals surface area contributed by atoms with Crippen molar-refractivity contribution in [1.29, 1.82) is 0 Å². The summed E-state index contributed by atoms with van der Waals surface area (Å²) in [6.07, 6.45) is -1.14. The van der Waals surface area contributed by atoms with Crippen molar-refractivity contribution >= 4 is 16.7 Å². The Bertz CT molecular complexity index is 641. The lowest BCUT2D eigenvalue weighted by molar-refractivity contribution is -0.147. The normalized spacial score (nSPS) is 13.7.